The highest BCUT2D eigenvalue weighted by Gasteiger charge is 2.23. The quantitative estimate of drug-likeness (QED) is 0.688. The number of rotatable bonds is 2. The fourth-order valence-electron chi connectivity index (χ4n) is 1.05. The van der Waals surface area contributed by atoms with Gasteiger partial charge >= 0.3 is 0 Å². The fourth-order valence-corrected chi connectivity index (χ4v) is 1.05. The molecule has 0 aliphatic carbocycles. The first kappa shape index (κ1) is 9.66. The number of nitriles is 1. The number of hydrogen-bond acceptors (Lipinski definition) is 1. The van der Waals surface area contributed by atoms with Crippen molar-refractivity contribution in [1.29, 1.82) is 5.26 Å². The second-order valence-electron chi connectivity index (χ2n) is 2.92. The molecule has 3 heteroatoms. The van der Waals surface area contributed by atoms with Crippen molar-refractivity contribution in [1.82, 2.24) is 0 Å². The van der Waals surface area contributed by atoms with Crippen LogP contribution in [0.2, 0.25) is 0 Å². The lowest BCUT2D eigenvalue weighted by Gasteiger charge is -2.10. The zero-order chi connectivity index (χ0) is 9.90. The Morgan fingerprint density at radius 3 is 2.69 bits per heavy atom. The minimum absolute atomic E-state index is 0.0414. The molecule has 68 valence electrons. The standard InChI is InChI=1S/C10H9F2N/c1-10(11,12)9-4-2-3-8(7-9)5-6-13/h2-4,7H,5H2,1H3. The summed E-state index contributed by atoms with van der Waals surface area (Å²) in [6.45, 7) is 0.846. The van der Waals surface area contributed by atoms with E-state index in [-0.39, 0.29) is 12.0 Å². The first-order valence-electron chi connectivity index (χ1n) is 3.88. The summed E-state index contributed by atoms with van der Waals surface area (Å²) in [5.41, 5.74) is 0.585. The molecule has 0 aromatic heterocycles. The zero-order valence-corrected chi connectivity index (χ0v) is 7.22. The molecule has 1 nitrogen and oxygen atoms in total. The van der Waals surface area contributed by atoms with E-state index in [2.05, 4.69) is 0 Å². The third-order valence-electron chi connectivity index (χ3n) is 1.72. The zero-order valence-electron chi connectivity index (χ0n) is 7.22. The van der Waals surface area contributed by atoms with E-state index >= 15 is 0 Å². The maximum absolute atomic E-state index is 12.8. The molecule has 0 radical (unpaired) electrons. The highest BCUT2D eigenvalue weighted by molar-refractivity contribution is 5.28. The van der Waals surface area contributed by atoms with Crippen LogP contribution in [0.25, 0.3) is 0 Å². The van der Waals surface area contributed by atoms with Crippen LogP contribution in [0.4, 0.5) is 8.78 Å². The monoisotopic (exact) mass is 181 g/mol. The Morgan fingerprint density at radius 2 is 2.15 bits per heavy atom. The molecule has 0 heterocycles. The van der Waals surface area contributed by atoms with Crippen LogP contribution in [-0.4, -0.2) is 0 Å². The van der Waals surface area contributed by atoms with Crippen molar-refractivity contribution >= 4 is 0 Å². The van der Waals surface area contributed by atoms with Gasteiger partial charge in [-0.3, -0.25) is 0 Å². The smallest absolute Gasteiger partial charge is 0.202 e. The molecule has 0 aliphatic rings. The summed E-state index contributed by atoms with van der Waals surface area (Å²) in [5, 5.41) is 8.38. The Morgan fingerprint density at radius 1 is 1.46 bits per heavy atom. The summed E-state index contributed by atoms with van der Waals surface area (Å²) < 4.78 is 25.6. The average molecular weight is 181 g/mol. The van der Waals surface area contributed by atoms with Gasteiger partial charge in [0.25, 0.3) is 5.92 Å². The summed E-state index contributed by atoms with van der Waals surface area (Å²) in [4.78, 5) is 0. The van der Waals surface area contributed by atoms with E-state index in [0.29, 0.717) is 5.56 Å². The van der Waals surface area contributed by atoms with Gasteiger partial charge in [-0.15, -0.1) is 0 Å². The number of nitrogens with zero attached hydrogens (tertiary/aromatic N) is 1. The predicted molar refractivity (Wildman–Crippen MR) is 45.3 cm³/mol. The Labute approximate surface area is 75.6 Å². The van der Waals surface area contributed by atoms with Crippen LogP contribution in [0.15, 0.2) is 24.3 Å². The summed E-state index contributed by atoms with van der Waals surface area (Å²) in [6.07, 6.45) is 0.171. The van der Waals surface area contributed by atoms with Crippen molar-refractivity contribution in [2.75, 3.05) is 0 Å². The third-order valence-corrected chi connectivity index (χ3v) is 1.72. The van der Waals surface area contributed by atoms with Gasteiger partial charge in [0.2, 0.25) is 0 Å². The summed E-state index contributed by atoms with van der Waals surface area (Å²) in [7, 11) is 0. The van der Waals surface area contributed by atoms with Gasteiger partial charge in [-0.2, -0.15) is 5.26 Å². The van der Waals surface area contributed by atoms with Crippen molar-refractivity contribution in [2.45, 2.75) is 19.3 Å². The number of benzene rings is 1. The van der Waals surface area contributed by atoms with E-state index in [0.717, 1.165) is 6.92 Å². The first-order valence-corrected chi connectivity index (χ1v) is 3.88. The van der Waals surface area contributed by atoms with Gasteiger partial charge in [-0.05, 0) is 11.6 Å². The molecule has 1 rings (SSSR count). The summed E-state index contributed by atoms with van der Waals surface area (Å²) >= 11 is 0. The molecule has 13 heavy (non-hydrogen) atoms. The molecule has 0 unspecified atom stereocenters. The van der Waals surface area contributed by atoms with Gasteiger partial charge in [0.15, 0.2) is 0 Å². The van der Waals surface area contributed by atoms with Gasteiger partial charge in [-0.1, -0.05) is 18.2 Å². The number of halogens is 2. The highest BCUT2D eigenvalue weighted by atomic mass is 19.3. The van der Waals surface area contributed by atoms with Crippen molar-refractivity contribution in [3.05, 3.63) is 35.4 Å². The minimum atomic E-state index is -2.83. The molecule has 0 saturated heterocycles. The Bertz CT molecular complexity index is 334. The van der Waals surface area contributed by atoms with Crippen LogP contribution in [0, 0.1) is 11.3 Å². The van der Waals surface area contributed by atoms with Crippen molar-refractivity contribution in [3.63, 3.8) is 0 Å². The van der Waals surface area contributed by atoms with Crippen LogP contribution >= 0.6 is 0 Å². The SMILES string of the molecule is CC(F)(F)c1cccc(CC#N)c1. The van der Waals surface area contributed by atoms with Crippen LogP contribution in [-0.2, 0) is 12.3 Å². The van der Waals surface area contributed by atoms with Crippen LogP contribution in [0.1, 0.15) is 18.1 Å². The molecule has 0 N–H and O–H groups in total. The van der Waals surface area contributed by atoms with Crippen LogP contribution in [0.3, 0.4) is 0 Å². The van der Waals surface area contributed by atoms with Crippen molar-refractivity contribution in [3.8, 4) is 6.07 Å². The molecular weight excluding hydrogens is 172 g/mol. The molecule has 0 amide bonds. The lowest BCUT2D eigenvalue weighted by molar-refractivity contribution is 0.0174. The molecule has 0 fully saturated rings. The summed E-state index contributed by atoms with van der Waals surface area (Å²) in [5.74, 6) is -2.83. The van der Waals surface area contributed by atoms with E-state index in [4.69, 9.17) is 5.26 Å². The van der Waals surface area contributed by atoms with E-state index in [1.165, 1.54) is 12.1 Å². The largest absolute Gasteiger partial charge is 0.270 e. The Kier molecular flexibility index (Phi) is 2.62. The Balaban J connectivity index is 3.00. The molecule has 0 spiro atoms. The van der Waals surface area contributed by atoms with Gasteiger partial charge in [-0.25, -0.2) is 8.78 Å². The second-order valence-corrected chi connectivity index (χ2v) is 2.92. The minimum Gasteiger partial charge on any atom is -0.202 e. The number of alkyl halides is 2. The molecule has 0 atom stereocenters. The molecule has 1 aromatic rings. The summed E-state index contributed by atoms with van der Waals surface area (Å²) in [6, 6.07) is 7.85. The highest BCUT2D eigenvalue weighted by Crippen LogP contribution is 2.27. The lowest BCUT2D eigenvalue weighted by Crippen LogP contribution is -2.06. The van der Waals surface area contributed by atoms with Crippen LogP contribution in [0.5, 0.6) is 0 Å². The first-order chi connectivity index (χ1) is 6.04. The molecular formula is C10H9F2N. The fraction of sp³-hybridized carbons (Fsp3) is 0.300. The molecule has 0 bridgehead atoms. The average Bonchev–Trinajstić information content (AvgIpc) is 2.04. The van der Waals surface area contributed by atoms with E-state index < -0.39 is 5.92 Å². The van der Waals surface area contributed by atoms with Crippen molar-refractivity contribution in [2.24, 2.45) is 0 Å². The van der Waals surface area contributed by atoms with Gasteiger partial charge in [0.1, 0.15) is 0 Å². The third kappa shape index (κ3) is 2.51. The van der Waals surface area contributed by atoms with E-state index in [9.17, 15) is 8.78 Å². The predicted octanol–water partition coefficient (Wildman–Crippen LogP) is 2.86. The maximum atomic E-state index is 12.8. The van der Waals surface area contributed by atoms with E-state index in [1.54, 1.807) is 12.1 Å². The maximum Gasteiger partial charge on any atom is 0.270 e. The number of hydrogen-bond donors (Lipinski definition) is 0. The van der Waals surface area contributed by atoms with Crippen molar-refractivity contribution < 1.29 is 8.78 Å². The molecule has 0 saturated carbocycles. The van der Waals surface area contributed by atoms with Gasteiger partial charge in [0.05, 0.1) is 12.5 Å². The molecule has 0 aliphatic heterocycles. The van der Waals surface area contributed by atoms with Gasteiger partial charge in [0, 0.05) is 12.5 Å². The van der Waals surface area contributed by atoms with E-state index in [1.807, 2.05) is 6.07 Å². The Hall–Kier alpha value is -1.43. The lowest BCUT2D eigenvalue weighted by atomic mass is 10.1. The topological polar surface area (TPSA) is 23.8 Å². The normalized spacial score (nSPS) is 10.9. The second kappa shape index (κ2) is 3.53. The van der Waals surface area contributed by atoms with Crippen LogP contribution < -0.4 is 0 Å². The van der Waals surface area contributed by atoms with Gasteiger partial charge < -0.3 is 0 Å². The molecule has 1 aromatic carbocycles.